The normalized spacial score (nSPS) is 20.5. The number of hydrogen-bond acceptors (Lipinski definition) is 4. The van der Waals surface area contributed by atoms with Gasteiger partial charge < -0.3 is 14.7 Å². The number of aromatic nitrogens is 1. The summed E-state index contributed by atoms with van der Waals surface area (Å²) in [6.45, 7) is 2.35. The molecule has 1 N–H and O–H groups in total. The van der Waals surface area contributed by atoms with Crippen molar-refractivity contribution in [2.45, 2.75) is 38.3 Å². The van der Waals surface area contributed by atoms with Gasteiger partial charge >= 0.3 is 0 Å². The van der Waals surface area contributed by atoms with Crippen molar-refractivity contribution in [3.05, 3.63) is 41.6 Å². The van der Waals surface area contributed by atoms with Crippen molar-refractivity contribution < 1.29 is 14.1 Å². The van der Waals surface area contributed by atoms with Crippen molar-refractivity contribution >= 4 is 11.8 Å². The number of nitrogens with zero attached hydrogens (tertiary/aromatic N) is 2. The second kappa shape index (κ2) is 5.78. The molecule has 2 aromatic rings. The first-order valence-electron chi connectivity index (χ1n) is 8.25. The fourth-order valence-corrected chi connectivity index (χ4v) is 3.25. The molecule has 0 bridgehead atoms. The molecule has 1 saturated heterocycles. The van der Waals surface area contributed by atoms with Gasteiger partial charge in [0, 0.05) is 24.6 Å². The smallest absolute Gasteiger partial charge is 0.257 e. The minimum atomic E-state index is -0.233. The lowest BCUT2D eigenvalue weighted by Crippen LogP contribution is -2.37. The van der Waals surface area contributed by atoms with E-state index in [0.29, 0.717) is 36.0 Å². The number of rotatable bonds is 4. The number of amides is 2. The molecule has 1 atom stereocenters. The average molecular weight is 325 g/mol. The maximum atomic E-state index is 12.7. The minimum Gasteiger partial charge on any atom is -0.355 e. The Bertz CT molecular complexity index is 780. The van der Waals surface area contributed by atoms with E-state index in [4.69, 9.17) is 4.52 Å². The molecular formula is C18H19N3O3. The predicted octanol–water partition coefficient (Wildman–Crippen LogP) is 2.14. The van der Waals surface area contributed by atoms with Crippen molar-refractivity contribution in [2.24, 2.45) is 0 Å². The molecule has 4 rings (SSSR count). The van der Waals surface area contributed by atoms with Crippen LogP contribution in [0.25, 0.3) is 11.3 Å². The Morgan fingerprint density at radius 3 is 2.75 bits per heavy atom. The molecule has 1 aromatic heterocycles. The maximum Gasteiger partial charge on any atom is 0.257 e. The second-order valence-electron chi connectivity index (χ2n) is 6.49. The van der Waals surface area contributed by atoms with Crippen LogP contribution in [0.15, 0.2) is 34.9 Å². The molecule has 0 radical (unpaired) electrons. The molecule has 2 fully saturated rings. The van der Waals surface area contributed by atoms with Gasteiger partial charge in [0.25, 0.3) is 5.91 Å². The standard InChI is InChI=1S/C18H19N3O3/c1-11-16(17(24-20-11)12-5-3-2-4-6-12)18(23)19-13-9-15(22)21(10-13)14-7-8-14/h2-6,13-14H,7-10H2,1H3,(H,19,23). The predicted molar refractivity (Wildman–Crippen MR) is 87.3 cm³/mol. The Kier molecular flexibility index (Phi) is 3.59. The third kappa shape index (κ3) is 2.68. The summed E-state index contributed by atoms with van der Waals surface area (Å²) < 4.78 is 5.37. The Labute approximate surface area is 139 Å². The van der Waals surface area contributed by atoms with Crippen molar-refractivity contribution in [3.63, 3.8) is 0 Å². The molecule has 1 unspecified atom stereocenters. The molecule has 1 aliphatic heterocycles. The number of aryl methyl sites for hydroxylation is 1. The van der Waals surface area contributed by atoms with Crippen LogP contribution in [-0.2, 0) is 4.79 Å². The zero-order chi connectivity index (χ0) is 16.7. The largest absolute Gasteiger partial charge is 0.355 e. The van der Waals surface area contributed by atoms with Gasteiger partial charge in [-0.05, 0) is 19.8 Å². The Morgan fingerprint density at radius 2 is 2.04 bits per heavy atom. The van der Waals surface area contributed by atoms with Crippen LogP contribution in [0.1, 0.15) is 35.3 Å². The van der Waals surface area contributed by atoms with E-state index in [-0.39, 0.29) is 17.9 Å². The highest BCUT2D eigenvalue weighted by molar-refractivity contribution is 6.01. The molecule has 1 aromatic carbocycles. The summed E-state index contributed by atoms with van der Waals surface area (Å²) in [6, 6.07) is 9.68. The number of carbonyl (C=O) groups is 2. The van der Waals surface area contributed by atoms with Gasteiger partial charge in [-0.3, -0.25) is 9.59 Å². The second-order valence-corrected chi connectivity index (χ2v) is 6.49. The summed E-state index contributed by atoms with van der Waals surface area (Å²) in [4.78, 5) is 26.7. The van der Waals surface area contributed by atoms with Crippen LogP contribution < -0.4 is 5.32 Å². The van der Waals surface area contributed by atoms with Crippen LogP contribution in [0.2, 0.25) is 0 Å². The third-order valence-electron chi connectivity index (χ3n) is 4.61. The van der Waals surface area contributed by atoms with E-state index in [1.165, 1.54) is 0 Å². The van der Waals surface area contributed by atoms with Crippen molar-refractivity contribution in [1.29, 1.82) is 0 Å². The first-order chi connectivity index (χ1) is 11.6. The lowest BCUT2D eigenvalue weighted by molar-refractivity contribution is -0.128. The van der Waals surface area contributed by atoms with Crippen LogP contribution in [0, 0.1) is 6.92 Å². The summed E-state index contributed by atoms with van der Waals surface area (Å²) in [6.07, 6.45) is 2.53. The summed E-state index contributed by atoms with van der Waals surface area (Å²) in [5, 5.41) is 6.92. The van der Waals surface area contributed by atoms with E-state index >= 15 is 0 Å². The zero-order valence-corrected chi connectivity index (χ0v) is 13.5. The SMILES string of the molecule is Cc1noc(-c2ccccc2)c1C(=O)NC1CC(=O)N(C2CC2)C1. The van der Waals surface area contributed by atoms with Crippen molar-refractivity contribution in [2.75, 3.05) is 6.54 Å². The Hall–Kier alpha value is -2.63. The molecule has 2 amide bonds. The van der Waals surface area contributed by atoms with Gasteiger partial charge in [-0.25, -0.2) is 0 Å². The van der Waals surface area contributed by atoms with E-state index in [1.807, 2.05) is 35.2 Å². The van der Waals surface area contributed by atoms with Crippen LogP contribution in [0.5, 0.6) is 0 Å². The molecule has 0 spiro atoms. The summed E-state index contributed by atoms with van der Waals surface area (Å²) in [7, 11) is 0. The molecule has 1 saturated carbocycles. The number of hydrogen-bond donors (Lipinski definition) is 1. The quantitative estimate of drug-likeness (QED) is 0.934. The topological polar surface area (TPSA) is 75.4 Å². The van der Waals surface area contributed by atoms with Crippen molar-refractivity contribution in [3.8, 4) is 11.3 Å². The van der Waals surface area contributed by atoms with Crippen LogP contribution in [0.3, 0.4) is 0 Å². The minimum absolute atomic E-state index is 0.133. The third-order valence-corrected chi connectivity index (χ3v) is 4.61. The lowest BCUT2D eigenvalue weighted by atomic mass is 10.1. The molecule has 2 aliphatic rings. The zero-order valence-electron chi connectivity index (χ0n) is 13.5. The van der Waals surface area contributed by atoms with Gasteiger partial charge in [-0.2, -0.15) is 0 Å². The number of nitrogens with one attached hydrogen (secondary N) is 1. The highest BCUT2D eigenvalue weighted by atomic mass is 16.5. The van der Waals surface area contributed by atoms with Crippen LogP contribution in [0.4, 0.5) is 0 Å². The van der Waals surface area contributed by atoms with Gasteiger partial charge in [0.1, 0.15) is 5.56 Å². The van der Waals surface area contributed by atoms with Gasteiger partial charge in [0.05, 0.1) is 11.7 Å². The Balaban J connectivity index is 1.53. The van der Waals surface area contributed by atoms with Gasteiger partial charge in [0.2, 0.25) is 5.91 Å². The molecule has 2 heterocycles. The summed E-state index contributed by atoms with van der Waals surface area (Å²) >= 11 is 0. The van der Waals surface area contributed by atoms with Gasteiger partial charge in [-0.15, -0.1) is 0 Å². The molecule has 124 valence electrons. The number of carbonyl (C=O) groups excluding carboxylic acids is 2. The molecule has 24 heavy (non-hydrogen) atoms. The first-order valence-corrected chi connectivity index (χ1v) is 8.25. The Morgan fingerprint density at radius 1 is 1.29 bits per heavy atom. The highest BCUT2D eigenvalue weighted by Gasteiger charge is 2.40. The number of benzene rings is 1. The van der Waals surface area contributed by atoms with E-state index in [1.54, 1.807) is 6.92 Å². The van der Waals surface area contributed by atoms with E-state index < -0.39 is 0 Å². The lowest BCUT2D eigenvalue weighted by Gasteiger charge is -2.16. The summed E-state index contributed by atoms with van der Waals surface area (Å²) in [5.74, 6) is 0.366. The highest BCUT2D eigenvalue weighted by Crippen LogP contribution is 2.31. The number of likely N-dealkylation sites (tertiary alicyclic amines) is 1. The molecule has 1 aliphatic carbocycles. The summed E-state index contributed by atoms with van der Waals surface area (Å²) in [5.41, 5.74) is 1.80. The van der Waals surface area contributed by atoms with Crippen LogP contribution >= 0.6 is 0 Å². The maximum absolute atomic E-state index is 12.7. The molecule has 6 heteroatoms. The molecular weight excluding hydrogens is 306 g/mol. The van der Waals surface area contributed by atoms with Crippen molar-refractivity contribution in [1.82, 2.24) is 15.4 Å². The fraction of sp³-hybridized carbons (Fsp3) is 0.389. The van der Waals surface area contributed by atoms with E-state index in [9.17, 15) is 9.59 Å². The van der Waals surface area contributed by atoms with E-state index in [0.717, 1.165) is 18.4 Å². The van der Waals surface area contributed by atoms with E-state index in [2.05, 4.69) is 10.5 Å². The van der Waals surface area contributed by atoms with Crippen LogP contribution in [-0.4, -0.2) is 40.5 Å². The molecule has 6 nitrogen and oxygen atoms in total. The fourth-order valence-electron chi connectivity index (χ4n) is 3.25. The average Bonchev–Trinajstić information content (AvgIpc) is 3.25. The van der Waals surface area contributed by atoms with Gasteiger partial charge in [0.15, 0.2) is 5.76 Å². The first kappa shape index (κ1) is 14.9. The van der Waals surface area contributed by atoms with Gasteiger partial charge in [-0.1, -0.05) is 35.5 Å². The monoisotopic (exact) mass is 325 g/mol.